The maximum Gasteiger partial charge on any atom is 0.164 e. The lowest BCUT2D eigenvalue weighted by Crippen LogP contribution is -2.02. The molecule has 0 radical (unpaired) electrons. The third-order valence-electron chi connectivity index (χ3n) is 12.9. The van der Waals surface area contributed by atoms with Gasteiger partial charge in [-0.1, -0.05) is 182 Å². The third-order valence-corrected chi connectivity index (χ3v) is 12.9. The number of hydrogen-bond donors (Lipinski definition) is 0. The molecule has 66 heavy (non-hydrogen) atoms. The predicted molar refractivity (Wildman–Crippen MR) is 272 cm³/mol. The van der Waals surface area contributed by atoms with Gasteiger partial charge in [0.25, 0.3) is 0 Å². The van der Waals surface area contributed by atoms with E-state index in [2.05, 4.69) is 199 Å². The van der Waals surface area contributed by atoms with Gasteiger partial charge in [0.05, 0.1) is 11.0 Å². The van der Waals surface area contributed by atoms with Gasteiger partial charge in [0.2, 0.25) is 0 Å². The van der Waals surface area contributed by atoms with Crippen LogP contribution in [0.4, 0.5) is 0 Å². The van der Waals surface area contributed by atoms with Crippen molar-refractivity contribution in [2.45, 2.75) is 0 Å². The third kappa shape index (κ3) is 6.36. The second-order valence-electron chi connectivity index (χ2n) is 16.8. The average molecular weight is 843 g/mol. The Balaban J connectivity index is 1.03. The zero-order chi connectivity index (χ0) is 43.6. The summed E-state index contributed by atoms with van der Waals surface area (Å²) in [5.41, 5.74) is 14.1. The normalized spacial score (nSPS) is 11.6. The smallest absolute Gasteiger partial charge is 0.164 e. The van der Waals surface area contributed by atoms with Gasteiger partial charge in [-0.15, -0.1) is 0 Å². The molecule has 3 aromatic heterocycles. The van der Waals surface area contributed by atoms with Crippen LogP contribution in [-0.4, -0.2) is 19.5 Å². The summed E-state index contributed by atoms with van der Waals surface area (Å²) >= 11 is 0. The van der Waals surface area contributed by atoms with Gasteiger partial charge in [-0.25, -0.2) is 15.0 Å². The van der Waals surface area contributed by atoms with Crippen LogP contribution in [0.5, 0.6) is 0 Å². The first-order valence-electron chi connectivity index (χ1n) is 22.3. The van der Waals surface area contributed by atoms with Crippen molar-refractivity contribution in [3.63, 3.8) is 0 Å². The van der Waals surface area contributed by atoms with Crippen molar-refractivity contribution >= 4 is 54.5 Å². The van der Waals surface area contributed by atoms with E-state index in [1.165, 1.54) is 32.7 Å². The number of para-hydroxylation sites is 3. The van der Waals surface area contributed by atoms with Crippen LogP contribution in [0.2, 0.25) is 0 Å². The summed E-state index contributed by atoms with van der Waals surface area (Å²) in [7, 11) is 0. The van der Waals surface area contributed by atoms with E-state index in [1.54, 1.807) is 0 Å². The fraction of sp³-hybridized carbons (Fsp3) is 0. The minimum absolute atomic E-state index is 0.569. The Bertz CT molecular complexity index is 3980. The van der Waals surface area contributed by atoms with E-state index < -0.39 is 0 Å². The number of aromatic nitrogens is 4. The van der Waals surface area contributed by atoms with Crippen molar-refractivity contribution in [3.05, 3.63) is 231 Å². The minimum atomic E-state index is 0.569. The summed E-state index contributed by atoms with van der Waals surface area (Å²) in [6.45, 7) is 0. The Hall–Kier alpha value is -8.93. The van der Waals surface area contributed by atoms with Crippen molar-refractivity contribution in [3.8, 4) is 73.2 Å². The topological polar surface area (TPSA) is 56.7 Å². The molecule has 5 heteroatoms. The van der Waals surface area contributed by atoms with Gasteiger partial charge in [0.15, 0.2) is 17.5 Å². The Morgan fingerprint density at radius 3 is 1.68 bits per heavy atom. The van der Waals surface area contributed by atoms with Gasteiger partial charge < -0.3 is 8.98 Å². The van der Waals surface area contributed by atoms with E-state index in [0.717, 1.165) is 77.6 Å². The molecule has 0 atom stereocenters. The molecule has 0 amide bonds. The maximum atomic E-state index is 6.76. The molecule has 13 aromatic rings. The zero-order valence-corrected chi connectivity index (χ0v) is 35.6. The van der Waals surface area contributed by atoms with Gasteiger partial charge in [-0.2, -0.15) is 0 Å². The minimum Gasteiger partial charge on any atom is -0.455 e. The van der Waals surface area contributed by atoms with Crippen molar-refractivity contribution in [1.29, 1.82) is 0 Å². The Morgan fingerprint density at radius 2 is 0.879 bits per heavy atom. The van der Waals surface area contributed by atoms with Crippen LogP contribution in [0.25, 0.3) is 128 Å². The molecule has 0 aliphatic carbocycles. The van der Waals surface area contributed by atoms with Gasteiger partial charge in [-0.05, 0) is 87.1 Å². The highest BCUT2D eigenvalue weighted by Gasteiger charge is 2.22. The van der Waals surface area contributed by atoms with Gasteiger partial charge in [0, 0.05) is 49.5 Å². The molecule has 308 valence electrons. The van der Waals surface area contributed by atoms with E-state index in [4.69, 9.17) is 19.4 Å². The van der Waals surface area contributed by atoms with Crippen LogP contribution >= 0.6 is 0 Å². The average Bonchev–Trinajstić information content (AvgIpc) is 3.94. The van der Waals surface area contributed by atoms with Crippen LogP contribution in [-0.2, 0) is 0 Å². The molecule has 0 bridgehead atoms. The summed E-state index contributed by atoms with van der Waals surface area (Å²) < 4.78 is 9.15. The van der Waals surface area contributed by atoms with Crippen molar-refractivity contribution in [2.24, 2.45) is 0 Å². The molecule has 0 aliphatic heterocycles. The SMILES string of the molecule is c1ccc(-c2ccc(-c3cccc(-c4nc(-c5ccccc5)nc(-c5ccc(-n6c7ccccc7c7cc8ccccc8cc76)cc5-c5cccc6c5oc5ccccc56)n4)c3)cc2)cc1. The Kier molecular flexibility index (Phi) is 8.78. The second kappa shape index (κ2) is 15.4. The van der Waals surface area contributed by atoms with Crippen LogP contribution < -0.4 is 0 Å². The molecule has 0 unspecified atom stereocenters. The molecule has 13 rings (SSSR count). The molecule has 0 spiro atoms. The molecule has 0 N–H and O–H groups in total. The summed E-state index contributed by atoms with van der Waals surface area (Å²) in [6, 6.07) is 81.1. The van der Waals surface area contributed by atoms with E-state index in [-0.39, 0.29) is 0 Å². The molecule has 0 aliphatic rings. The first kappa shape index (κ1) is 37.6. The fourth-order valence-corrected chi connectivity index (χ4v) is 9.65. The number of hydrogen-bond acceptors (Lipinski definition) is 4. The van der Waals surface area contributed by atoms with E-state index in [1.807, 2.05) is 36.4 Å². The van der Waals surface area contributed by atoms with Crippen molar-refractivity contribution in [1.82, 2.24) is 19.5 Å². The Labute approximate surface area is 380 Å². The van der Waals surface area contributed by atoms with Gasteiger partial charge >= 0.3 is 0 Å². The molecule has 10 aromatic carbocycles. The Morgan fingerprint density at radius 1 is 0.303 bits per heavy atom. The molecule has 3 heterocycles. The molecule has 0 saturated heterocycles. The van der Waals surface area contributed by atoms with Crippen LogP contribution in [0.1, 0.15) is 0 Å². The lowest BCUT2D eigenvalue weighted by atomic mass is 9.96. The monoisotopic (exact) mass is 842 g/mol. The van der Waals surface area contributed by atoms with Crippen LogP contribution in [0.3, 0.4) is 0 Å². The molecule has 0 saturated carbocycles. The maximum absolute atomic E-state index is 6.76. The van der Waals surface area contributed by atoms with Crippen LogP contribution in [0, 0.1) is 0 Å². The molecule has 5 nitrogen and oxygen atoms in total. The predicted octanol–water partition coefficient (Wildman–Crippen LogP) is 16.0. The largest absolute Gasteiger partial charge is 0.455 e. The first-order valence-corrected chi connectivity index (χ1v) is 22.3. The molecule has 0 fully saturated rings. The molecular weight excluding hydrogens is 805 g/mol. The molecular formula is C61H38N4O. The van der Waals surface area contributed by atoms with E-state index >= 15 is 0 Å². The standard InChI is InChI=1S/C61H38N4O/c1-3-15-39(16-4-1)40-29-31-41(32-30-40)43-21-13-22-46(35-43)60-62-59(42-17-5-2-6-18-42)63-61(64-60)52-34-33-47(38-53(52)51-26-14-25-50-49-24-10-12-28-57(49)66-58(50)51)65-55-27-11-9-23-48(55)54-36-44-19-7-8-20-45(44)37-56(54)65/h1-38H. The summed E-state index contributed by atoms with van der Waals surface area (Å²) in [6.07, 6.45) is 0. The van der Waals surface area contributed by atoms with E-state index in [0.29, 0.717) is 17.5 Å². The highest BCUT2D eigenvalue weighted by molar-refractivity contribution is 6.14. The highest BCUT2D eigenvalue weighted by Crippen LogP contribution is 2.43. The number of rotatable bonds is 7. The summed E-state index contributed by atoms with van der Waals surface area (Å²) in [4.78, 5) is 15.8. The summed E-state index contributed by atoms with van der Waals surface area (Å²) in [5, 5.41) is 6.94. The highest BCUT2D eigenvalue weighted by atomic mass is 16.3. The van der Waals surface area contributed by atoms with Gasteiger partial charge in [0.1, 0.15) is 11.2 Å². The first-order chi connectivity index (χ1) is 32.7. The second-order valence-corrected chi connectivity index (χ2v) is 16.8. The lowest BCUT2D eigenvalue weighted by molar-refractivity contribution is 0.670. The fourth-order valence-electron chi connectivity index (χ4n) is 9.65. The number of benzene rings is 10. The quantitative estimate of drug-likeness (QED) is 0.160. The summed E-state index contributed by atoms with van der Waals surface area (Å²) in [5.74, 6) is 1.76. The zero-order valence-electron chi connectivity index (χ0n) is 35.6. The van der Waals surface area contributed by atoms with Gasteiger partial charge in [-0.3, -0.25) is 0 Å². The number of furan rings is 1. The van der Waals surface area contributed by atoms with Crippen molar-refractivity contribution in [2.75, 3.05) is 0 Å². The number of nitrogens with zero attached hydrogens (tertiary/aromatic N) is 4. The van der Waals surface area contributed by atoms with E-state index in [9.17, 15) is 0 Å². The van der Waals surface area contributed by atoms with Crippen LogP contribution in [0.15, 0.2) is 235 Å². The lowest BCUT2D eigenvalue weighted by Gasteiger charge is -2.16. The van der Waals surface area contributed by atoms with Crippen molar-refractivity contribution < 1.29 is 4.42 Å². The number of fused-ring (bicyclic) bond motifs is 7.